The molecule has 1 N–H and O–H groups in total. The van der Waals surface area contributed by atoms with Crippen LogP contribution in [0.2, 0.25) is 0 Å². The summed E-state index contributed by atoms with van der Waals surface area (Å²) < 4.78 is 5.04. The third-order valence-electron chi connectivity index (χ3n) is 3.69. The fraction of sp³-hybridized carbons (Fsp3) is 0.278. The van der Waals surface area contributed by atoms with Crippen LogP contribution in [0.1, 0.15) is 16.7 Å². The first-order chi connectivity index (χ1) is 11.8. The summed E-state index contributed by atoms with van der Waals surface area (Å²) in [6.45, 7) is 5.75. The van der Waals surface area contributed by atoms with Gasteiger partial charge in [-0.1, -0.05) is 17.7 Å². The molecule has 0 unspecified atom stereocenters. The van der Waals surface area contributed by atoms with Gasteiger partial charge in [0, 0.05) is 22.7 Å². The maximum absolute atomic E-state index is 12.2. The van der Waals surface area contributed by atoms with Crippen LogP contribution >= 0.6 is 11.8 Å². The fourth-order valence-electron chi connectivity index (χ4n) is 2.40. The van der Waals surface area contributed by atoms with Crippen LogP contribution in [0.15, 0.2) is 35.2 Å². The SMILES string of the molecule is COc1cc(NC(=O)CSc2ccc(C)cc2C)c(C)cc1[N+](=O)[O-]. The van der Waals surface area contributed by atoms with Crippen molar-refractivity contribution in [1.82, 2.24) is 0 Å². The van der Waals surface area contributed by atoms with E-state index < -0.39 is 4.92 Å². The molecule has 0 saturated carbocycles. The van der Waals surface area contributed by atoms with Crippen LogP contribution in [0.3, 0.4) is 0 Å². The lowest BCUT2D eigenvalue weighted by Gasteiger charge is -2.11. The van der Waals surface area contributed by atoms with Crippen LogP contribution in [0, 0.1) is 30.9 Å². The molecule has 0 atom stereocenters. The smallest absolute Gasteiger partial charge is 0.311 e. The van der Waals surface area contributed by atoms with E-state index in [9.17, 15) is 14.9 Å². The number of amides is 1. The second kappa shape index (κ2) is 8.02. The van der Waals surface area contributed by atoms with Crippen LogP contribution in [0.4, 0.5) is 11.4 Å². The molecule has 0 fully saturated rings. The lowest BCUT2D eigenvalue weighted by Crippen LogP contribution is -2.15. The van der Waals surface area contributed by atoms with E-state index in [2.05, 4.69) is 11.4 Å². The first-order valence-electron chi connectivity index (χ1n) is 7.64. The monoisotopic (exact) mass is 360 g/mol. The minimum absolute atomic E-state index is 0.118. The van der Waals surface area contributed by atoms with Crippen LogP contribution in [0.25, 0.3) is 0 Å². The van der Waals surface area contributed by atoms with E-state index in [4.69, 9.17) is 4.74 Å². The van der Waals surface area contributed by atoms with Gasteiger partial charge in [-0.05, 0) is 38.0 Å². The number of carbonyl (C=O) groups excluding carboxylic acids is 1. The van der Waals surface area contributed by atoms with Gasteiger partial charge >= 0.3 is 5.69 Å². The number of hydrogen-bond acceptors (Lipinski definition) is 5. The topological polar surface area (TPSA) is 81.5 Å². The molecular formula is C18H20N2O4S. The Morgan fingerprint density at radius 1 is 1.20 bits per heavy atom. The summed E-state index contributed by atoms with van der Waals surface area (Å²) in [5.74, 6) is 0.194. The quantitative estimate of drug-likeness (QED) is 0.473. The lowest BCUT2D eigenvalue weighted by molar-refractivity contribution is -0.385. The van der Waals surface area contributed by atoms with Gasteiger partial charge in [0.2, 0.25) is 5.91 Å². The Balaban J connectivity index is 2.08. The highest BCUT2D eigenvalue weighted by atomic mass is 32.2. The van der Waals surface area contributed by atoms with Crippen molar-refractivity contribution in [3.8, 4) is 5.75 Å². The molecule has 0 heterocycles. The van der Waals surface area contributed by atoms with Gasteiger partial charge < -0.3 is 10.1 Å². The summed E-state index contributed by atoms with van der Waals surface area (Å²) in [6, 6.07) is 8.96. The normalized spacial score (nSPS) is 10.4. The van der Waals surface area contributed by atoms with Gasteiger partial charge in [-0.2, -0.15) is 0 Å². The van der Waals surface area contributed by atoms with Crippen molar-refractivity contribution in [1.29, 1.82) is 0 Å². The van der Waals surface area contributed by atoms with Gasteiger partial charge in [0.05, 0.1) is 17.8 Å². The highest BCUT2D eigenvalue weighted by Gasteiger charge is 2.18. The third-order valence-corrected chi connectivity index (χ3v) is 4.86. The van der Waals surface area contributed by atoms with Crippen molar-refractivity contribution in [2.24, 2.45) is 0 Å². The van der Waals surface area contributed by atoms with Gasteiger partial charge in [-0.25, -0.2) is 0 Å². The van der Waals surface area contributed by atoms with Crippen molar-refractivity contribution in [3.63, 3.8) is 0 Å². The van der Waals surface area contributed by atoms with Gasteiger partial charge in [-0.15, -0.1) is 11.8 Å². The summed E-state index contributed by atoms with van der Waals surface area (Å²) in [4.78, 5) is 23.8. The van der Waals surface area contributed by atoms with E-state index in [1.54, 1.807) is 6.92 Å². The van der Waals surface area contributed by atoms with Crippen LogP contribution in [-0.4, -0.2) is 23.7 Å². The maximum atomic E-state index is 12.2. The minimum atomic E-state index is -0.506. The number of methoxy groups -OCH3 is 1. The Labute approximate surface area is 150 Å². The zero-order valence-electron chi connectivity index (χ0n) is 14.6. The zero-order valence-corrected chi connectivity index (χ0v) is 15.4. The number of nitrogens with zero attached hydrogens (tertiary/aromatic N) is 1. The molecule has 6 nitrogen and oxygen atoms in total. The van der Waals surface area contributed by atoms with E-state index >= 15 is 0 Å². The average molecular weight is 360 g/mol. The second-order valence-corrected chi connectivity index (χ2v) is 6.72. The molecule has 0 aliphatic carbocycles. The maximum Gasteiger partial charge on any atom is 0.311 e. The van der Waals surface area contributed by atoms with E-state index in [1.807, 2.05) is 26.0 Å². The minimum Gasteiger partial charge on any atom is -0.490 e. The zero-order chi connectivity index (χ0) is 18.6. The van der Waals surface area contributed by atoms with Gasteiger partial charge in [0.1, 0.15) is 0 Å². The Kier molecular flexibility index (Phi) is 6.03. The molecule has 7 heteroatoms. The summed E-state index contributed by atoms with van der Waals surface area (Å²) in [6.07, 6.45) is 0. The average Bonchev–Trinajstić information content (AvgIpc) is 2.55. The number of benzene rings is 2. The molecule has 25 heavy (non-hydrogen) atoms. The first kappa shape index (κ1) is 18.8. The fourth-order valence-corrected chi connectivity index (χ4v) is 3.21. The van der Waals surface area contributed by atoms with E-state index in [1.165, 1.54) is 36.6 Å². The number of aryl methyl sites for hydroxylation is 3. The van der Waals surface area contributed by atoms with E-state index in [0.717, 1.165) is 10.5 Å². The number of nitro groups is 1. The Morgan fingerprint density at radius 2 is 1.92 bits per heavy atom. The standard InChI is InChI=1S/C18H20N2O4S/c1-11-5-6-17(13(3)7-11)25-10-18(21)19-14-9-16(24-4)15(20(22)23)8-12(14)2/h5-9H,10H2,1-4H3,(H,19,21). The Morgan fingerprint density at radius 3 is 2.52 bits per heavy atom. The lowest BCUT2D eigenvalue weighted by atomic mass is 10.1. The number of rotatable bonds is 6. The first-order valence-corrected chi connectivity index (χ1v) is 8.63. The molecule has 0 bridgehead atoms. The van der Waals surface area contributed by atoms with Crippen LogP contribution in [0.5, 0.6) is 5.75 Å². The van der Waals surface area contributed by atoms with Gasteiger partial charge in [0.25, 0.3) is 0 Å². The number of carbonyl (C=O) groups is 1. The van der Waals surface area contributed by atoms with Crippen LogP contribution in [-0.2, 0) is 4.79 Å². The number of nitrogens with one attached hydrogen (secondary N) is 1. The molecule has 1 amide bonds. The highest BCUT2D eigenvalue weighted by molar-refractivity contribution is 8.00. The van der Waals surface area contributed by atoms with Crippen molar-refractivity contribution in [3.05, 3.63) is 57.1 Å². The molecule has 0 spiro atoms. The number of nitro benzene ring substituents is 1. The van der Waals surface area contributed by atoms with Crippen molar-refractivity contribution >= 4 is 29.0 Å². The number of anilines is 1. The predicted octanol–water partition coefficient (Wildman–Crippen LogP) is 4.26. The molecule has 132 valence electrons. The number of thioether (sulfide) groups is 1. The summed E-state index contributed by atoms with van der Waals surface area (Å²) in [5, 5.41) is 13.8. The summed E-state index contributed by atoms with van der Waals surface area (Å²) >= 11 is 1.46. The second-order valence-electron chi connectivity index (χ2n) is 5.70. The number of ether oxygens (including phenoxy) is 1. The number of hydrogen-bond donors (Lipinski definition) is 1. The molecule has 0 aromatic heterocycles. The van der Waals surface area contributed by atoms with E-state index in [-0.39, 0.29) is 23.1 Å². The molecule has 0 radical (unpaired) electrons. The van der Waals surface area contributed by atoms with E-state index in [0.29, 0.717) is 11.3 Å². The Bertz CT molecular complexity index is 821. The largest absolute Gasteiger partial charge is 0.490 e. The molecule has 0 aliphatic rings. The molecule has 2 aromatic rings. The van der Waals surface area contributed by atoms with Crippen molar-refractivity contribution < 1.29 is 14.5 Å². The summed E-state index contributed by atoms with van der Waals surface area (Å²) in [5.41, 5.74) is 3.31. The summed E-state index contributed by atoms with van der Waals surface area (Å²) in [7, 11) is 1.36. The molecule has 0 aliphatic heterocycles. The predicted molar refractivity (Wildman–Crippen MR) is 99.7 cm³/mol. The Hall–Kier alpha value is -2.54. The van der Waals surface area contributed by atoms with Gasteiger partial charge in [0.15, 0.2) is 5.75 Å². The van der Waals surface area contributed by atoms with Gasteiger partial charge in [-0.3, -0.25) is 14.9 Å². The molecule has 0 saturated heterocycles. The molecule has 2 rings (SSSR count). The third kappa shape index (κ3) is 4.73. The highest BCUT2D eigenvalue weighted by Crippen LogP contribution is 2.33. The molecule has 2 aromatic carbocycles. The molecular weight excluding hydrogens is 340 g/mol. The van der Waals surface area contributed by atoms with Crippen molar-refractivity contribution in [2.75, 3.05) is 18.2 Å². The van der Waals surface area contributed by atoms with Crippen molar-refractivity contribution in [2.45, 2.75) is 25.7 Å². The van der Waals surface area contributed by atoms with Crippen LogP contribution < -0.4 is 10.1 Å².